The van der Waals surface area contributed by atoms with Crippen LogP contribution in [0, 0.1) is 12.7 Å². The van der Waals surface area contributed by atoms with Gasteiger partial charge in [-0.15, -0.1) is 5.10 Å². The lowest BCUT2D eigenvalue weighted by Crippen LogP contribution is -1.97. The van der Waals surface area contributed by atoms with E-state index < -0.39 is 5.82 Å². The van der Waals surface area contributed by atoms with Crippen LogP contribution in [0.4, 0.5) is 4.39 Å². The summed E-state index contributed by atoms with van der Waals surface area (Å²) >= 11 is 1.25. The summed E-state index contributed by atoms with van der Waals surface area (Å²) in [6.45, 7) is 3.05. The zero-order valence-corrected chi connectivity index (χ0v) is 11.2. The van der Waals surface area contributed by atoms with Crippen LogP contribution in [0.2, 0.25) is 0 Å². The molecule has 1 heterocycles. The number of aromatic nitrogens is 3. The molecule has 2 N–H and O–H groups in total. The largest absolute Gasteiger partial charge is 0.507 e. The summed E-state index contributed by atoms with van der Waals surface area (Å²) in [4.78, 5) is 15.4. The first-order valence-corrected chi connectivity index (χ1v) is 6.50. The third-order valence-electron chi connectivity index (χ3n) is 2.47. The highest BCUT2D eigenvalue weighted by atomic mass is 32.2. The normalized spacial score (nSPS) is 10.7. The lowest BCUT2D eigenvalue weighted by atomic mass is 10.1. The number of phenolic OH excluding ortho intramolecular Hbond substituents is 1. The number of benzene rings is 1. The van der Waals surface area contributed by atoms with Crippen molar-refractivity contribution >= 4 is 17.5 Å². The van der Waals surface area contributed by atoms with Gasteiger partial charge in [-0.1, -0.05) is 11.8 Å². The number of carbonyl (C=O) groups is 1. The Bertz CT molecular complexity index is 627. The Kier molecular flexibility index (Phi) is 3.84. The van der Waals surface area contributed by atoms with Crippen LogP contribution in [-0.2, 0) is 5.75 Å². The van der Waals surface area contributed by atoms with E-state index in [1.165, 1.54) is 24.8 Å². The molecular formula is C12H12FN3O2S. The number of thioether (sulfide) groups is 1. The van der Waals surface area contributed by atoms with E-state index in [0.29, 0.717) is 16.5 Å². The number of phenols is 1. The average Bonchev–Trinajstić information content (AvgIpc) is 2.75. The van der Waals surface area contributed by atoms with Gasteiger partial charge in [0.25, 0.3) is 0 Å². The van der Waals surface area contributed by atoms with Crippen molar-refractivity contribution in [1.29, 1.82) is 0 Å². The van der Waals surface area contributed by atoms with Gasteiger partial charge in [-0.25, -0.2) is 9.37 Å². The van der Waals surface area contributed by atoms with E-state index in [0.717, 1.165) is 6.07 Å². The van der Waals surface area contributed by atoms with E-state index in [1.54, 1.807) is 6.92 Å². The Morgan fingerprint density at radius 2 is 2.26 bits per heavy atom. The molecule has 0 atom stereocenters. The van der Waals surface area contributed by atoms with Crippen molar-refractivity contribution in [2.75, 3.05) is 0 Å². The monoisotopic (exact) mass is 281 g/mol. The lowest BCUT2D eigenvalue weighted by molar-refractivity contribution is 0.101. The molecule has 19 heavy (non-hydrogen) atoms. The highest BCUT2D eigenvalue weighted by Crippen LogP contribution is 2.29. The molecule has 0 saturated heterocycles. The minimum atomic E-state index is -0.551. The van der Waals surface area contributed by atoms with Crippen LogP contribution in [0.5, 0.6) is 5.75 Å². The summed E-state index contributed by atoms with van der Waals surface area (Å²) in [5.74, 6) is -0.160. The maximum atomic E-state index is 13.4. The maximum absolute atomic E-state index is 13.4. The molecule has 0 spiro atoms. The third-order valence-corrected chi connectivity index (χ3v) is 3.36. The number of nitrogens with one attached hydrogen (secondary N) is 1. The molecule has 7 heteroatoms. The number of aryl methyl sites for hydroxylation is 1. The van der Waals surface area contributed by atoms with E-state index in [9.17, 15) is 14.3 Å². The zero-order valence-electron chi connectivity index (χ0n) is 10.4. The molecule has 100 valence electrons. The molecule has 2 rings (SSSR count). The fraction of sp³-hybridized carbons (Fsp3) is 0.250. The number of aromatic hydroxyl groups is 1. The summed E-state index contributed by atoms with van der Waals surface area (Å²) in [6, 6.07) is 2.23. The predicted octanol–water partition coefficient (Wildman–Crippen LogP) is 2.45. The van der Waals surface area contributed by atoms with E-state index in [2.05, 4.69) is 15.2 Å². The van der Waals surface area contributed by atoms with Gasteiger partial charge in [0.2, 0.25) is 5.16 Å². The molecule has 5 nitrogen and oxygen atoms in total. The van der Waals surface area contributed by atoms with Crippen molar-refractivity contribution in [2.24, 2.45) is 0 Å². The second kappa shape index (κ2) is 5.40. The van der Waals surface area contributed by atoms with Gasteiger partial charge in [0, 0.05) is 11.3 Å². The van der Waals surface area contributed by atoms with Gasteiger partial charge < -0.3 is 5.11 Å². The van der Waals surface area contributed by atoms with Crippen LogP contribution >= 0.6 is 11.8 Å². The summed E-state index contributed by atoms with van der Waals surface area (Å²) in [5.41, 5.74) is 0.333. The molecule has 0 amide bonds. The van der Waals surface area contributed by atoms with Gasteiger partial charge in [-0.3, -0.25) is 9.89 Å². The van der Waals surface area contributed by atoms with Gasteiger partial charge in [0.05, 0.1) is 5.56 Å². The molecule has 0 unspecified atom stereocenters. The fourth-order valence-corrected chi connectivity index (χ4v) is 2.38. The molecule has 0 aliphatic carbocycles. The molecule has 0 bridgehead atoms. The minimum Gasteiger partial charge on any atom is -0.507 e. The fourth-order valence-electron chi connectivity index (χ4n) is 1.56. The Hall–Kier alpha value is -1.89. The summed E-state index contributed by atoms with van der Waals surface area (Å²) < 4.78 is 13.4. The molecule has 2 aromatic rings. The van der Waals surface area contributed by atoms with Gasteiger partial charge >= 0.3 is 0 Å². The average molecular weight is 281 g/mol. The lowest BCUT2D eigenvalue weighted by Gasteiger charge is -2.07. The number of H-pyrrole nitrogens is 1. The van der Waals surface area contributed by atoms with Crippen LogP contribution in [0.1, 0.15) is 28.7 Å². The van der Waals surface area contributed by atoms with Crippen LogP contribution in [-0.4, -0.2) is 26.1 Å². The molecule has 0 saturated carbocycles. The Morgan fingerprint density at radius 3 is 2.84 bits per heavy atom. The van der Waals surface area contributed by atoms with E-state index in [4.69, 9.17) is 0 Å². The number of halogens is 1. The van der Waals surface area contributed by atoms with Crippen molar-refractivity contribution in [2.45, 2.75) is 24.8 Å². The first kappa shape index (κ1) is 13.5. The predicted molar refractivity (Wildman–Crippen MR) is 68.8 cm³/mol. The molecule has 0 radical (unpaired) electrons. The molecule has 0 aliphatic heterocycles. The molecule has 0 aliphatic rings. The quantitative estimate of drug-likeness (QED) is 0.664. The Labute approximate surface area is 113 Å². The van der Waals surface area contributed by atoms with Crippen LogP contribution in [0.25, 0.3) is 0 Å². The first-order valence-electron chi connectivity index (χ1n) is 5.51. The highest BCUT2D eigenvalue weighted by molar-refractivity contribution is 7.98. The van der Waals surface area contributed by atoms with E-state index in [1.807, 2.05) is 0 Å². The number of hydrogen-bond donors (Lipinski definition) is 2. The smallest absolute Gasteiger partial charge is 0.208 e. The number of rotatable bonds is 4. The van der Waals surface area contributed by atoms with Crippen molar-refractivity contribution in [1.82, 2.24) is 15.2 Å². The summed E-state index contributed by atoms with van der Waals surface area (Å²) in [7, 11) is 0. The number of aromatic amines is 1. The van der Waals surface area contributed by atoms with Gasteiger partial charge in [-0.05, 0) is 26.0 Å². The van der Waals surface area contributed by atoms with Crippen molar-refractivity contribution in [3.05, 3.63) is 34.9 Å². The summed E-state index contributed by atoms with van der Waals surface area (Å²) in [6.07, 6.45) is 0. The number of hydrogen-bond acceptors (Lipinski definition) is 5. The number of Topliss-reactive ketones (excluding diaryl/α,β-unsaturated/α-hetero) is 1. The van der Waals surface area contributed by atoms with Crippen molar-refractivity contribution < 1.29 is 14.3 Å². The van der Waals surface area contributed by atoms with E-state index >= 15 is 0 Å². The van der Waals surface area contributed by atoms with Gasteiger partial charge in [-0.2, -0.15) is 0 Å². The second-order valence-electron chi connectivity index (χ2n) is 4.01. The number of carbonyl (C=O) groups excluding carboxylic acids is 1. The Balaban J connectivity index is 2.22. The van der Waals surface area contributed by atoms with Crippen LogP contribution < -0.4 is 0 Å². The molecule has 1 aromatic heterocycles. The standard InChI is InChI=1S/C12H12FN3O2S/c1-6(17)10-4-9(13)3-8(11(10)18)5-19-12-14-7(2)15-16-12/h3-4,18H,5H2,1-2H3,(H,14,15,16). The third kappa shape index (κ3) is 3.11. The molecule has 1 aromatic carbocycles. The number of nitrogens with zero attached hydrogens (tertiary/aromatic N) is 2. The van der Waals surface area contributed by atoms with Gasteiger partial charge in [0.1, 0.15) is 17.4 Å². The van der Waals surface area contributed by atoms with Crippen molar-refractivity contribution in [3.63, 3.8) is 0 Å². The van der Waals surface area contributed by atoms with Crippen LogP contribution in [0.15, 0.2) is 17.3 Å². The topological polar surface area (TPSA) is 78.9 Å². The number of ketones is 1. The van der Waals surface area contributed by atoms with E-state index in [-0.39, 0.29) is 22.8 Å². The van der Waals surface area contributed by atoms with Gasteiger partial charge in [0.15, 0.2) is 5.78 Å². The molecular weight excluding hydrogens is 269 g/mol. The van der Waals surface area contributed by atoms with Crippen molar-refractivity contribution in [3.8, 4) is 5.75 Å². The molecule has 0 fully saturated rings. The first-order chi connectivity index (χ1) is 8.97. The SMILES string of the molecule is CC(=O)c1cc(F)cc(CSc2n[nH]c(C)n2)c1O. The van der Waals surface area contributed by atoms with Crippen LogP contribution in [0.3, 0.4) is 0 Å². The Morgan fingerprint density at radius 1 is 1.53 bits per heavy atom. The minimum absolute atomic E-state index is 0.0123. The zero-order chi connectivity index (χ0) is 14.0. The maximum Gasteiger partial charge on any atom is 0.208 e. The summed E-state index contributed by atoms with van der Waals surface area (Å²) in [5, 5.41) is 17.0. The highest BCUT2D eigenvalue weighted by Gasteiger charge is 2.14. The second-order valence-corrected chi connectivity index (χ2v) is 4.95.